The smallest absolute Gasteiger partial charge is 0.412 e. The Balaban J connectivity index is 1.26. The van der Waals surface area contributed by atoms with Gasteiger partial charge in [0.1, 0.15) is 11.9 Å². The summed E-state index contributed by atoms with van der Waals surface area (Å²) in [4.78, 5) is 40.3. The van der Waals surface area contributed by atoms with Crippen LogP contribution in [0.3, 0.4) is 0 Å². The molecule has 2 saturated carbocycles. The summed E-state index contributed by atoms with van der Waals surface area (Å²) in [7, 11) is 1.58. The standard InChI is InChI=1S/C29H29F2NO8/c1-28-12-21(15-8-10-37-14-15)39-25(34)18(28)7-9-29-13-22(36-2)19(29)11-20(23(33)24(28)29)40-27(35)32-16-3-5-17(6-4-16)38-26(30)31/h3-6,8,10,13-14,18-21,24,26H,7,9,11-12H2,1-2H3,(H,32,35)/t18-,19-,20-,21-,24+,28-,29+/m0/s1. The van der Waals surface area contributed by atoms with Crippen LogP contribution in [0.25, 0.3) is 0 Å². The summed E-state index contributed by atoms with van der Waals surface area (Å²) < 4.78 is 51.5. The molecule has 3 aliphatic carbocycles. The fourth-order valence-corrected chi connectivity index (χ4v) is 7.55. The second-order valence-corrected chi connectivity index (χ2v) is 11.2. The molecule has 1 amide bonds. The highest BCUT2D eigenvalue weighted by molar-refractivity contribution is 5.94. The number of nitrogens with one attached hydrogen (secondary N) is 1. The molecule has 1 N–H and O–H groups in total. The van der Waals surface area contributed by atoms with Gasteiger partial charge in [-0.2, -0.15) is 8.78 Å². The first-order chi connectivity index (χ1) is 19.1. The van der Waals surface area contributed by atoms with E-state index < -0.39 is 47.6 Å². The van der Waals surface area contributed by atoms with Crippen molar-refractivity contribution in [3.8, 4) is 5.75 Å². The number of hydrogen-bond donors (Lipinski definition) is 1. The van der Waals surface area contributed by atoms with Crippen molar-refractivity contribution in [2.24, 2.45) is 28.6 Å². The number of carbonyl (C=O) groups excluding carboxylic acids is 3. The van der Waals surface area contributed by atoms with Crippen LogP contribution in [0.4, 0.5) is 19.3 Å². The van der Waals surface area contributed by atoms with Crippen molar-refractivity contribution in [2.45, 2.75) is 51.4 Å². The lowest BCUT2D eigenvalue weighted by molar-refractivity contribution is -0.205. The van der Waals surface area contributed by atoms with Gasteiger partial charge in [-0.25, -0.2) is 4.79 Å². The first-order valence-corrected chi connectivity index (χ1v) is 13.2. The van der Waals surface area contributed by atoms with Crippen LogP contribution in [0, 0.1) is 28.6 Å². The number of methoxy groups -OCH3 is 1. The molecule has 4 aliphatic rings. The number of fused-ring (bicyclic) bond motifs is 2. The Kier molecular flexibility index (Phi) is 6.35. The fraction of sp³-hybridized carbons (Fsp3) is 0.483. The molecule has 1 saturated heterocycles. The average Bonchev–Trinajstić information content (AvgIpc) is 3.44. The number of anilines is 1. The van der Waals surface area contributed by atoms with Crippen molar-refractivity contribution in [3.05, 3.63) is 60.3 Å². The van der Waals surface area contributed by atoms with Crippen LogP contribution in [-0.2, 0) is 23.8 Å². The van der Waals surface area contributed by atoms with Crippen LogP contribution in [0.2, 0.25) is 0 Å². The molecule has 40 heavy (non-hydrogen) atoms. The maximum atomic E-state index is 14.2. The molecule has 1 aliphatic heterocycles. The lowest BCUT2D eigenvalue weighted by Crippen LogP contribution is -2.66. The van der Waals surface area contributed by atoms with Gasteiger partial charge in [0.2, 0.25) is 0 Å². The molecule has 1 aromatic heterocycles. The summed E-state index contributed by atoms with van der Waals surface area (Å²) >= 11 is 0. The zero-order chi connectivity index (χ0) is 28.2. The topological polar surface area (TPSA) is 113 Å². The molecular weight excluding hydrogens is 528 g/mol. The van der Waals surface area contributed by atoms with E-state index in [-0.39, 0.29) is 35.5 Å². The van der Waals surface area contributed by atoms with E-state index in [1.54, 1.807) is 19.4 Å². The highest BCUT2D eigenvalue weighted by Crippen LogP contribution is 2.70. The fourth-order valence-electron chi connectivity index (χ4n) is 7.55. The van der Waals surface area contributed by atoms with Crippen LogP contribution in [0.1, 0.15) is 44.3 Å². The average molecular weight is 558 g/mol. The quantitative estimate of drug-likeness (QED) is 0.454. The number of ketones is 1. The van der Waals surface area contributed by atoms with E-state index in [1.165, 1.54) is 30.5 Å². The molecule has 212 valence electrons. The molecule has 1 spiro atoms. The van der Waals surface area contributed by atoms with Gasteiger partial charge in [-0.05, 0) is 61.1 Å². The Labute approximate surface area is 228 Å². The van der Waals surface area contributed by atoms with Gasteiger partial charge in [-0.3, -0.25) is 14.9 Å². The lowest BCUT2D eigenvalue weighted by Gasteiger charge is -2.64. The number of amides is 1. The molecule has 1 aromatic carbocycles. The highest BCUT2D eigenvalue weighted by atomic mass is 19.3. The monoisotopic (exact) mass is 557 g/mol. The molecule has 7 atom stereocenters. The van der Waals surface area contributed by atoms with Gasteiger partial charge in [0.05, 0.1) is 31.3 Å². The molecule has 11 heteroatoms. The van der Waals surface area contributed by atoms with Crippen molar-refractivity contribution in [3.63, 3.8) is 0 Å². The lowest BCUT2D eigenvalue weighted by atomic mass is 9.39. The van der Waals surface area contributed by atoms with Crippen molar-refractivity contribution >= 4 is 23.5 Å². The van der Waals surface area contributed by atoms with Gasteiger partial charge in [-0.1, -0.05) is 6.92 Å². The number of rotatable bonds is 6. The number of Topliss-reactive ketones (excluding diaryl/α,β-unsaturated/α-hetero) is 1. The van der Waals surface area contributed by atoms with Gasteiger partial charge >= 0.3 is 18.7 Å². The first kappa shape index (κ1) is 26.3. The minimum absolute atomic E-state index is 0.0589. The summed E-state index contributed by atoms with van der Waals surface area (Å²) in [5, 5.41) is 2.54. The number of furan rings is 1. The summed E-state index contributed by atoms with van der Waals surface area (Å²) in [5.41, 5.74) is -0.234. The van der Waals surface area contributed by atoms with E-state index in [9.17, 15) is 23.2 Å². The number of benzene rings is 1. The van der Waals surface area contributed by atoms with Gasteiger partial charge in [0.25, 0.3) is 0 Å². The maximum absolute atomic E-state index is 14.2. The third-order valence-electron chi connectivity index (χ3n) is 9.21. The molecule has 2 heterocycles. The number of esters is 1. The van der Waals surface area contributed by atoms with Gasteiger partial charge in [0.15, 0.2) is 11.9 Å². The Morgan fingerprint density at radius 1 is 1.15 bits per heavy atom. The number of ether oxygens (including phenoxy) is 4. The van der Waals surface area contributed by atoms with Crippen molar-refractivity contribution < 1.29 is 46.5 Å². The normalized spacial score (nSPS) is 34.3. The molecule has 2 aromatic rings. The Morgan fingerprint density at radius 2 is 1.93 bits per heavy atom. The van der Waals surface area contributed by atoms with Gasteiger partial charge in [0, 0.05) is 34.9 Å². The highest BCUT2D eigenvalue weighted by Gasteiger charge is 2.70. The van der Waals surface area contributed by atoms with E-state index in [2.05, 4.69) is 10.1 Å². The van der Waals surface area contributed by atoms with Crippen molar-refractivity contribution in [1.82, 2.24) is 0 Å². The summed E-state index contributed by atoms with van der Waals surface area (Å²) in [6.07, 6.45) is 4.50. The zero-order valence-corrected chi connectivity index (χ0v) is 21.9. The van der Waals surface area contributed by atoms with E-state index >= 15 is 0 Å². The number of alkyl halides is 2. The first-order valence-electron chi connectivity index (χ1n) is 13.2. The minimum atomic E-state index is -2.96. The van der Waals surface area contributed by atoms with Crippen LogP contribution in [0.15, 0.2) is 59.1 Å². The molecule has 0 unspecified atom stereocenters. The predicted octanol–water partition coefficient (Wildman–Crippen LogP) is 5.64. The third kappa shape index (κ3) is 4.13. The molecule has 0 bridgehead atoms. The number of allylic oxidation sites excluding steroid dienone is 2. The Bertz CT molecular complexity index is 1340. The summed E-state index contributed by atoms with van der Waals surface area (Å²) in [5.74, 6) is -1.10. The maximum Gasteiger partial charge on any atom is 0.412 e. The van der Waals surface area contributed by atoms with Crippen molar-refractivity contribution in [1.29, 1.82) is 0 Å². The molecule has 3 fully saturated rings. The van der Waals surface area contributed by atoms with E-state index in [0.717, 1.165) is 11.3 Å². The Hall–Kier alpha value is -3.89. The predicted molar refractivity (Wildman–Crippen MR) is 134 cm³/mol. The molecular formula is C29H29F2NO8. The van der Waals surface area contributed by atoms with E-state index in [1.807, 2.05) is 13.0 Å². The largest absolute Gasteiger partial charge is 0.501 e. The second kappa shape index (κ2) is 9.64. The second-order valence-electron chi connectivity index (χ2n) is 11.2. The zero-order valence-electron chi connectivity index (χ0n) is 21.9. The third-order valence-corrected chi connectivity index (χ3v) is 9.21. The summed E-state index contributed by atoms with van der Waals surface area (Å²) in [6.45, 7) is -0.997. The molecule has 6 rings (SSSR count). The minimum Gasteiger partial charge on any atom is -0.501 e. The van der Waals surface area contributed by atoms with Gasteiger partial charge in [-0.15, -0.1) is 0 Å². The van der Waals surface area contributed by atoms with Crippen LogP contribution >= 0.6 is 0 Å². The number of cyclic esters (lactones) is 1. The van der Waals surface area contributed by atoms with E-state index in [4.69, 9.17) is 18.6 Å². The van der Waals surface area contributed by atoms with Crippen LogP contribution in [0.5, 0.6) is 5.75 Å². The number of carbonyl (C=O) groups is 3. The molecule has 0 radical (unpaired) electrons. The van der Waals surface area contributed by atoms with Gasteiger partial charge < -0.3 is 23.4 Å². The van der Waals surface area contributed by atoms with Crippen LogP contribution in [-0.4, -0.2) is 37.7 Å². The van der Waals surface area contributed by atoms with E-state index in [0.29, 0.717) is 19.3 Å². The Morgan fingerprint density at radius 3 is 2.60 bits per heavy atom. The summed E-state index contributed by atoms with van der Waals surface area (Å²) in [6, 6.07) is 7.10. The molecule has 9 nitrogen and oxygen atoms in total. The SMILES string of the molecule is COC1=C[C@@]23CC[C@H]4C(=O)O[C@H](c5ccoc5)C[C@]4(C)[C@H]2C(=O)[C@@H](OC(=O)Nc2ccc(OC(F)F)cc2)C[C@@H]13. The van der Waals surface area contributed by atoms with Crippen LogP contribution < -0.4 is 10.1 Å². The number of hydrogen-bond acceptors (Lipinski definition) is 8. The van der Waals surface area contributed by atoms with Crippen molar-refractivity contribution in [2.75, 3.05) is 12.4 Å². The number of halogens is 2.